The van der Waals surface area contributed by atoms with Crippen LogP contribution in [0.2, 0.25) is 0 Å². The molecule has 0 aromatic heterocycles. The molecule has 1 aromatic carbocycles. The van der Waals surface area contributed by atoms with Gasteiger partial charge in [0.05, 0.1) is 5.56 Å². The van der Waals surface area contributed by atoms with Crippen LogP contribution in [0.4, 0.5) is 0 Å². The van der Waals surface area contributed by atoms with E-state index in [9.17, 15) is 14.4 Å². The first-order valence-electron chi connectivity index (χ1n) is 4.31. The average molecular weight is 201 g/mol. The highest BCUT2D eigenvalue weighted by Crippen LogP contribution is 2.20. The number of benzene rings is 1. The molecule has 0 saturated heterocycles. The Morgan fingerprint density at radius 3 is 2.40 bits per heavy atom. The summed E-state index contributed by atoms with van der Waals surface area (Å²) in [6.07, 6.45) is 2.34. The Morgan fingerprint density at radius 2 is 1.73 bits per heavy atom. The molecule has 2 rings (SSSR count). The van der Waals surface area contributed by atoms with Gasteiger partial charge in [-0.3, -0.25) is 14.4 Å². The van der Waals surface area contributed by atoms with Crippen LogP contribution in [-0.2, 0) is 0 Å². The number of hydrogen-bond acceptors (Lipinski definition) is 3. The number of rotatable bonds is 1. The van der Waals surface area contributed by atoms with Crippen molar-refractivity contribution in [3.63, 3.8) is 0 Å². The van der Waals surface area contributed by atoms with Crippen LogP contribution in [0.15, 0.2) is 30.4 Å². The van der Waals surface area contributed by atoms with Gasteiger partial charge in [-0.1, -0.05) is 12.1 Å². The topological polar surface area (TPSA) is 77.2 Å². The van der Waals surface area contributed by atoms with E-state index >= 15 is 0 Å². The van der Waals surface area contributed by atoms with Gasteiger partial charge < -0.3 is 5.73 Å². The molecule has 15 heavy (non-hydrogen) atoms. The zero-order valence-corrected chi connectivity index (χ0v) is 7.69. The van der Waals surface area contributed by atoms with Crippen LogP contribution in [0.5, 0.6) is 0 Å². The summed E-state index contributed by atoms with van der Waals surface area (Å²) in [5, 5.41) is 0. The van der Waals surface area contributed by atoms with Crippen LogP contribution in [-0.4, -0.2) is 17.5 Å². The normalized spacial score (nSPS) is 13.9. The van der Waals surface area contributed by atoms with Crippen LogP contribution < -0.4 is 5.73 Å². The number of primary amides is 1. The molecule has 0 bridgehead atoms. The van der Waals surface area contributed by atoms with Crippen molar-refractivity contribution in [3.8, 4) is 0 Å². The fourth-order valence-electron chi connectivity index (χ4n) is 1.55. The summed E-state index contributed by atoms with van der Waals surface area (Å²) in [6.45, 7) is 0. The number of carbonyl (C=O) groups is 3. The van der Waals surface area contributed by atoms with Gasteiger partial charge in [0.1, 0.15) is 0 Å². The number of ketones is 2. The van der Waals surface area contributed by atoms with Gasteiger partial charge in [0.15, 0.2) is 11.6 Å². The van der Waals surface area contributed by atoms with Gasteiger partial charge in [-0.15, -0.1) is 0 Å². The lowest BCUT2D eigenvalue weighted by Gasteiger charge is -2.11. The molecule has 0 atom stereocenters. The van der Waals surface area contributed by atoms with Gasteiger partial charge in [-0.05, 0) is 18.2 Å². The standard InChI is InChI=1S/C11H7NO3/c12-11(15)7-3-1-2-6-8(13)4-5-9(14)10(6)7/h1-5H,(H2,12,15). The van der Waals surface area contributed by atoms with Gasteiger partial charge >= 0.3 is 0 Å². The van der Waals surface area contributed by atoms with E-state index in [-0.39, 0.29) is 28.3 Å². The summed E-state index contributed by atoms with van der Waals surface area (Å²) in [7, 11) is 0. The molecule has 0 radical (unpaired) electrons. The molecule has 1 amide bonds. The lowest BCUT2D eigenvalue weighted by Crippen LogP contribution is -2.20. The fraction of sp³-hybridized carbons (Fsp3) is 0. The maximum Gasteiger partial charge on any atom is 0.249 e. The van der Waals surface area contributed by atoms with Gasteiger partial charge in [0.2, 0.25) is 5.91 Å². The smallest absolute Gasteiger partial charge is 0.249 e. The van der Waals surface area contributed by atoms with E-state index in [0.717, 1.165) is 6.08 Å². The molecule has 1 aromatic rings. The Hall–Kier alpha value is -2.23. The first kappa shape index (κ1) is 9.33. The number of fused-ring (bicyclic) bond motifs is 1. The van der Waals surface area contributed by atoms with Crippen molar-refractivity contribution in [2.24, 2.45) is 5.73 Å². The summed E-state index contributed by atoms with van der Waals surface area (Å²) in [5.41, 5.74) is 5.56. The quantitative estimate of drug-likeness (QED) is 0.727. The molecule has 0 aliphatic heterocycles. The molecule has 4 heteroatoms. The minimum atomic E-state index is -0.705. The fourth-order valence-corrected chi connectivity index (χ4v) is 1.55. The first-order chi connectivity index (χ1) is 7.11. The molecule has 1 aliphatic rings. The summed E-state index contributed by atoms with van der Waals surface area (Å²) in [4.78, 5) is 34.0. The maximum absolute atomic E-state index is 11.5. The van der Waals surface area contributed by atoms with E-state index in [0.29, 0.717) is 0 Å². The Morgan fingerprint density at radius 1 is 1.07 bits per heavy atom. The molecule has 4 nitrogen and oxygen atoms in total. The highest BCUT2D eigenvalue weighted by Gasteiger charge is 2.23. The molecule has 74 valence electrons. The largest absolute Gasteiger partial charge is 0.366 e. The third-order valence-corrected chi connectivity index (χ3v) is 2.23. The summed E-state index contributed by atoms with van der Waals surface area (Å²) in [5.74, 6) is -1.35. The number of hydrogen-bond donors (Lipinski definition) is 1. The van der Waals surface area contributed by atoms with Crippen LogP contribution in [0.3, 0.4) is 0 Å². The van der Waals surface area contributed by atoms with Crippen molar-refractivity contribution in [3.05, 3.63) is 47.0 Å². The monoisotopic (exact) mass is 201 g/mol. The second kappa shape index (κ2) is 3.16. The molecule has 0 fully saturated rings. The van der Waals surface area contributed by atoms with E-state index in [1.807, 2.05) is 0 Å². The number of nitrogens with two attached hydrogens (primary N) is 1. The van der Waals surface area contributed by atoms with Gasteiger partial charge in [-0.2, -0.15) is 0 Å². The molecule has 0 heterocycles. The highest BCUT2D eigenvalue weighted by atomic mass is 16.1. The van der Waals surface area contributed by atoms with E-state index < -0.39 is 5.91 Å². The van der Waals surface area contributed by atoms with E-state index in [4.69, 9.17) is 5.73 Å². The van der Waals surface area contributed by atoms with Crippen molar-refractivity contribution in [1.29, 1.82) is 0 Å². The molecule has 0 unspecified atom stereocenters. The van der Waals surface area contributed by atoms with Gasteiger partial charge in [-0.25, -0.2) is 0 Å². The predicted octanol–water partition coefficient (Wildman–Crippen LogP) is 0.721. The third kappa shape index (κ3) is 1.36. The Balaban J connectivity index is 2.76. The minimum Gasteiger partial charge on any atom is -0.366 e. The van der Waals surface area contributed by atoms with Crippen molar-refractivity contribution in [2.45, 2.75) is 0 Å². The predicted molar refractivity (Wildman–Crippen MR) is 52.8 cm³/mol. The molecule has 2 N–H and O–H groups in total. The van der Waals surface area contributed by atoms with Crippen molar-refractivity contribution in [1.82, 2.24) is 0 Å². The van der Waals surface area contributed by atoms with Crippen LogP contribution in [0.25, 0.3) is 0 Å². The minimum absolute atomic E-state index is 0.0928. The number of carbonyl (C=O) groups excluding carboxylic acids is 3. The van der Waals surface area contributed by atoms with E-state index in [1.54, 1.807) is 0 Å². The van der Waals surface area contributed by atoms with Crippen LogP contribution >= 0.6 is 0 Å². The lowest BCUT2D eigenvalue weighted by atomic mass is 9.90. The Labute approximate surface area is 85.4 Å². The first-order valence-corrected chi connectivity index (χ1v) is 4.31. The second-order valence-corrected chi connectivity index (χ2v) is 3.15. The zero-order valence-electron chi connectivity index (χ0n) is 7.69. The van der Waals surface area contributed by atoms with Gasteiger partial charge in [0.25, 0.3) is 0 Å². The molecular weight excluding hydrogens is 194 g/mol. The molecule has 1 aliphatic carbocycles. The molecular formula is C11H7NO3. The number of amides is 1. The van der Waals surface area contributed by atoms with E-state index in [2.05, 4.69) is 0 Å². The maximum atomic E-state index is 11.5. The van der Waals surface area contributed by atoms with E-state index in [1.165, 1.54) is 24.3 Å². The van der Waals surface area contributed by atoms with Gasteiger partial charge in [0, 0.05) is 11.1 Å². The van der Waals surface area contributed by atoms with Crippen molar-refractivity contribution >= 4 is 17.5 Å². The zero-order chi connectivity index (χ0) is 11.0. The number of allylic oxidation sites excluding steroid dienone is 2. The summed E-state index contributed by atoms with van der Waals surface area (Å²) in [6, 6.07) is 4.47. The summed E-state index contributed by atoms with van der Waals surface area (Å²) < 4.78 is 0. The van der Waals surface area contributed by atoms with Crippen molar-refractivity contribution < 1.29 is 14.4 Å². The molecule has 0 saturated carbocycles. The second-order valence-electron chi connectivity index (χ2n) is 3.15. The summed E-state index contributed by atoms with van der Waals surface area (Å²) >= 11 is 0. The lowest BCUT2D eigenvalue weighted by molar-refractivity contribution is 0.0973. The molecule has 0 spiro atoms. The van der Waals surface area contributed by atoms with Crippen molar-refractivity contribution in [2.75, 3.05) is 0 Å². The Kier molecular flexibility index (Phi) is 1.97. The average Bonchev–Trinajstić information content (AvgIpc) is 2.23. The SMILES string of the molecule is NC(=O)c1cccc2c1C(=O)C=CC2=O. The Bertz CT molecular complexity index is 515. The third-order valence-electron chi connectivity index (χ3n) is 2.23. The van der Waals surface area contributed by atoms with Crippen LogP contribution in [0, 0.1) is 0 Å². The van der Waals surface area contributed by atoms with Crippen LogP contribution in [0.1, 0.15) is 31.1 Å². The highest BCUT2D eigenvalue weighted by molar-refractivity contribution is 6.25.